The van der Waals surface area contributed by atoms with Crippen LogP contribution in [0.4, 0.5) is 16.3 Å². The summed E-state index contributed by atoms with van der Waals surface area (Å²) in [6, 6.07) is -0.176. The summed E-state index contributed by atoms with van der Waals surface area (Å²) in [6.45, 7) is 4.53. The molecule has 16 heavy (non-hydrogen) atoms. The van der Waals surface area contributed by atoms with Gasteiger partial charge >= 0.3 is 6.03 Å². The molecule has 1 aromatic rings. The second-order valence-electron chi connectivity index (χ2n) is 3.79. The Hall–Kier alpha value is -1.72. The van der Waals surface area contributed by atoms with Crippen LogP contribution in [-0.4, -0.2) is 28.9 Å². The third kappa shape index (κ3) is 2.26. The molecule has 0 fully saturated rings. The van der Waals surface area contributed by atoms with Crippen LogP contribution in [0, 0.1) is 0 Å². The minimum Gasteiger partial charge on any atom is -0.368 e. The molecule has 1 aromatic heterocycles. The van der Waals surface area contributed by atoms with Gasteiger partial charge in [-0.1, -0.05) is 6.92 Å². The first-order chi connectivity index (χ1) is 7.81. The minimum atomic E-state index is -0.176. The molecule has 0 aliphatic carbocycles. The van der Waals surface area contributed by atoms with Gasteiger partial charge in [0, 0.05) is 19.6 Å². The Morgan fingerprint density at radius 3 is 3.38 bits per heavy atom. The van der Waals surface area contributed by atoms with E-state index >= 15 is 0 Å². The zero-order valence-corrected chi connectivity index (χ0v) is 9.42. The summed E-state index contributed by atoms with van der Waals surface area (Å²) in [6.07, 6.45) is 3.67. The van der Waals surface area contributed by atoms with Gasteiger partial charge in [-0.2, -0.15) is 5.10 Å². The van der Waals surface area contributed by atoms with Crippen molar-refractivity contribution in [2.45, 2.75) is 26.3 Å². The standard InChI is InChI=1S/C10H17N5O/c1-2-4-12-10(16)14-8-7-13-15-6-3-5-11-9(8)15/h7,11H,2-6H2,1H3,(H2,12,14,16). The quantitative estimate of drug-likeness (QED) is 0.721. The van der Waals surface area contributed by atoms with E-state index < -0.39 is 0 Å². The number of carbonyl (C=O) groups is 1. The van der Waals surface area contributed by atoms with Crippen LogP contribution < -0.4 is 16.0 Å². The third-order valence-corrected chi connectivity index (χ3v) is 2.46. The number of hydrogen-bond donors (Lipinski definition) is 3. The molecular formula is C10H17N5O. The smallest absolute Gasteiger partial charge is 0.319 e. The minimum absolute atomic E-state index is 0.176. The number of aryl methyl sites for hydroxylation is 1. The van der Waals surface area contributed by atoms with Crippen LogP contribution in [-0.2, 0) is 6.54 Å². The van der Waals surface area contributed by atoms with E-state index in [1.54, 1.807) is 6.20 Å². The molecule has 2 heterocycles. The molecule has 2 rings (SSSR count). The maximum atomic E-state index is 11.5. The zero-order chi connectivity index (χ0) is 11.4. The van der Waals surface area contributed by atoms with Gasteiger partial charge in [0.25, 0.3) is 0 Å². The summed E-state index contributed by atoms with van der Waals surface area (Å²) in [7, 11) is 0. The highest BCUT2D eigenvalue weighted by Crippen LogP contribution is 2.23. The van der Waals surface area contributed by atoms with Crippen LogP contribution in [0.2, 0.25) is 0 Å². The monoisotopic (exact) mass is 223 g/mol. The van der Waals surface area contributed by atoms with Crippen LogP contribution in [0.3, 0.4) is 0 Å². The third-order valence-electron chi connectivity index (χ3n) is 2.46. The average Bonchev–Trinajstić information content (AvgIpc) is 2.70. The lowest BCUT2D eigenvalue weighted by atomic mass is 10.3. The van der Waals surface area contributed by atoms with Crippen LogP contribution >= 0.6 is 0 Å². The van der Waals surface area contributed by atoms with Crippen LogP contribution in [0.25, 0.3) is 0 Å². The van der Waals surface area contributed by atoms with E-state index in [0.717, 1.165) is 37.4 Å². The Morgan fingerprint density at radius 2 is 2.56 bits per heavy atom. The lowest BCUT2D eigenvalue weighted by Crippen LogP contribution is -2.29. The van der Waals surface area contributed by atoms with E-state index in [9.17, 15) is 4.79 Å². The van der Waals surface area contributed by atoms with Crippen LogP contribution in [0.15, 0.2) is 6.20 Å². The normalized spacial score (nSPS) is 13.8. The van der Waals surface area contributed by atoms with Crippen molar-refractivity contribution in [1.29, 1.82) is 0 Å². The van der Waals surface area contributed by atoms with E-state index in [2.05, 4.69) is 21.0 Å². The highest BCUT2D eigenvalue weighted by atomic mass is 16.2. The lowest BCUT2D eigenvalue weighted by Gasteiger charge is -2.17. The first-order valence-electron chi connectivity index (χ1n) is 5.66. The maximum Gasteiger partial charge on any atom is 0.319 e. The number of aromatic nitrogens is 2. The first-order valence-corrected chi connectivity index (χ1v) is 5.66. The van der Waals surface area contributed by atoms with Gasteiger partial charge < -0.3 is 16.0 Å². The molecule has 3 N–H and O–H groups in total. The summed E-state index contributed by atoms with van der Waals surface area (Å²) in [5.74, 6) is 0.901. The van der Waals surface area contributed by atoms with Crippen molar-refractivity contribution in [3.05, 3.63) is 6.20 Å². The van der Waals surface area contributed by atoms with Gasteiger partial charge in [0.15, 0.2) is 0 Å². The Kier molecular flexibility index (Phi) is 3.28. The number of urea groups is 1. The van der Waals surface area contributed by atoms with E-state index in [0.29, 0.717) is 6.54 Å². The largest absolute Gasteiger partial charge is 0.368 e. The topological polar surface area (TPSA) is 71.0 Å². The maximum absolute atomic E-state index is 11.5. The molecule has 88 valence electrons. The molecule has 0 atom stereocenters. The molecule has 6 heteroatoms. The zero-order valence-electron chi connectivity index (χ0n) is 9.42. The van der Waals surface area contributed by atoms with Gasteiger partial charge in [0.1, 0.15) is 11.5 Å². The first kappa shape index (κ1) is 10.8. The number of fused-ring (bicyclic) bond motifs is 1. The highest BCUT2D eigenvalue weighted by molar-refractivity contribution is 5.92. The van der Waals surface area contributed by atoms with Gasteiger partial charge in [-0.3, -0.25) is 0 Å². The Bertz CT molecular complexity index is 373. The van der Waals surface area contributed by atoms with Gasteiger partial charge in [-0.15, -0.1) is 0 Å². The van der Waals surface area contributed by atoms with Crippen molar-refractivity contribution in [2.75, 3.05) is 23.7 Å². The molecule has 0 spiro atoms. The van der Waals surface area contributed by atoms with Crippen molar-refractivity contribution in [3.63, 3.8) is 0 Å². The predicted octanol–water partition coefficient (Wildman–Crippen LogP) is 1.23. The molecule has 1 aliphatic heterocycles. The molecular weight excluding hydrogens is 206 g/mol. The molecule has 0 unspecified atom stereocenters. The van der Waals surface area contributed by atoms with Crippen molar-refractivity contribution in [1.82, 2.24) is 15.1 Å². The van der Waals surface area contributed by atoms with Crippen molar-refractivity contribution in [3.8, 4) is 0 Å². The number of nitrogens with one attached hydrogen (secondary N) is 3. The fourth-order valence-electron chi connectivity index (χ4n) is 1.67. The number of nitrogens with zero attached hydrogens (tertiary/aromatic N) is 2. The number of rotatable bonds is 3. The molecule has 0 saturated heterocycles. The van der Waals surface area contributed by atoms with Gasteiger partial charge in [-0.05, 0) is 12.8 Å². The summed E-state index contributed by atoms with van der Waals surface area (Å²) < 4.78 is 1.87. The van der Waals surface area contributed by atoms with E-state index in [-0.39, 0.29) is 6.03 Å². The lowest BCUT2D eigenvalue weighted by molar-refractivity contribution is 0.252. The molecule has 6 nitrogen and oxygen atoms in total. The van der Waals surface area contributed by atoms with E-state index in [1.165, 1.54) is 0 Å². The predicted molar refractivity (Wildman–Crippen MR) is 62.6 cm³/mol. The second-order valence-corrected chi connectivity index (χ2v) is 3.79. The summed E-state index contributed by atoms with van der Waals surface area (Å²) >= 11 is 0. The molecule has 1 aliphatic rings. The van der Waals surface area contributed by atoms with Crippen LogP contribution in [0.1, 0.15) is 19.8 Å². The van der Waals surface area contributed by atoms with Gasteiger partial charge in [0.05, 0.1) is 6.20 Å². The van der Waals surface area contributed by atoms with E-state index in [1.807, 2.05) is 11.6 Å². The van der Waals surface area contributed by atoms with Gasteiger partial charge in [0.2, 0.25) is 0 Å². The van der Waals surface area contributed by atoms with Crippen molar-refractivity contribution >= 4 is 17.5 Å². The Labute approximate surface area is 94.4 Å². The summed E-state index contributed by atoms with van der Waals surface area (Å²) in [4.78, 5) is 11.5. The average molecular weight is 223 g/mol. The number of anilines is 2. The fraction of sp³-hybridized carbons (Fsp3) is 0.600. The summed E-state index contributed by atoms with van der Waals surface area (Å²) in [5.41, 5.74) is 0.744. The Balaban J connectivity index is 1.99. The Morgan fingerprint density at radius 1 is 1.69 bits per heavy atom. The van der Waals surface area contributed by atoms with Crippen LogP contribution in [0.5, 0.6) is 0 Å². The van der Waals surface area contributed by atoms with Crippen molar-refractivity contribution < 1.29 is 4.79 Å². The molecule has 2 amide bonds. The number of carbonyl (C=O) groups excluding carboxylic acids is 1. The second kappa shape index (κ2) is 4.87. The van der Waals surface area contributed by atoms with Crippen molar-refractivity contribution in [2.24, 2.45) is 0 Å². The van der Waals surface area contributed by atoms with Gasteiger partial charge in [-0.25, -0.2) is 9.48 Å². The molecule has 0 bridgehead atoms. The summed E-state index contributed by atoms with van der Waals surface area (Å²) in [5, 5.41) is 13.0. The molecule has 0 aromatic carbocycles. The fourth-order valence-corrected chi connectivity index (χ4v) is 1.67. The SMILES string of the molecule is CCCNC(=O)Nc1cnn2c1NCCC2. The number of hydrogen-bond acceptors (Lipinski definition) is 3. The molecule has 0 saturated carbocycles. The number of amides is 2. The highest BCUT2D eigenvalue weighted by Gasteiger charge is 2.15. The molecule has 0 radical (unpaired) electrons. The van der Waals surface area contributed by atoms with E-state index in [4.69, 9.17) is 0 Å².